The van der Waals surface area contributed by atoms with Crippen LogP contribution in [-0.2, 0) is 30.8 Å². The molecule has 13 nitrogen and oxygen atoms in total. The van der Waals surface area contributed by atoms with Crippen molar-refractivity contribution in [2.75, 3.05) is 27.4 Å². The van der Waals surface area contributed by atoms with Crippen LogP contribution in [0.1, 0.15) is 48.8 Å². The number of carbonyl (C=O) groups is 2. The summed E-state index contributed by atoms with van der Waals surface area (Å²) in [5.74, 6) is 0.130. The highest BCUT2D eigenvalue weighted by Crippen LogP contribution is 2.33. The average Bonchev–Trinajstić information content (AvgIpc) is 3.55. The molecule has 1 aliphatic heterocycles. The summed E-state index contributed by atoms with van der Waals surface area (Å²) < 4.78 is 57.0. The summed E-state index contributed by atoms with van der Waals surface area (Å²) in [6, 6.07) is 17.3. The van der Waals surface area contributed by atoms with Crippen molar-refractivity contribution < 1.29 is 46.5 Å². The number of piperidine rings is 1. The molecule has 48 heavy (non-hydrogen) atoms. The molecular formula is C34H37N3O10S. The largest absolute Gasteiger partial charge is 0.493 e. The van der Waals surface area contributed by atoms with Crippen molar-refractivity contribution in [2.45, 2.75) is 56.1 Å². The van der Waals surface area contributed by atoms with Gasteiger partial charge in [0.2, 0.25) is 21.8 Å². The Morgan fingerprint density at radius 1 is 1.00 bits per heavy atom. The molecule has 3 aromatic carbocycles. The maximum atomic E-state index is 14.0. The lowest BCUT2D eigenvalue weighted by Crippen LogP contribution is -2.48. The number of methoxy groups -OCH3 is 2. The van der Waals surface area contributed by atoms with Gasteiger partial charge in [-0.15, -0.1) is 10.2 Å². The number of hydrogen-bond donors (Lipinski definition) is 1. The number of carboxylic acid groups (broad SMARTS) is 1. The summed E-state index contributed by atoms with van der Waals surface area (Å²) in [4.78, 5) is 25.0. The topological polar surface area (TPSA) is 168 Å². The fourth-order valence-electron chi connectivity index (χ4n) is 5.56. The molecule has 0 spiro atoms. The molecule has 0 saturated carbocycles. The molecule has 0 bridgehead atoms. The highest BCUT2D eigenvalue weighted by Gasteiger charge is 2.39. The molecule has 14 heteroatoms. The number of rotatable bonds is 14. The molecule has 1 unspecified atom stereocenters. The molecule has 1 aliphatic rings. The van der Waals surface area contributed by atoms with Gasteiger partial charge < -0.3 is 28.5 Å². The van der Waals surface area contributed by atoms with E-state index >= 15 is 0 Å². The van der Waals surface area contributed by atoms with E-state index in [-0.39, 0.29) is 23.8 Å². The van der Waals surface area contributed by atoms with Crippen LogP contribution in [-0.4, -0.2) is 73.4 Å². The van der Waals surface area contributed by atoms with Crippen molar-refractivity contribution in [1.29, 1.82) is 0 Å². The second kappa shape index (κ2) is 15.3. The average molecular weight is 680 g/mol. The second-order valence-corrected chi connectivity index (χ2v) is 13.1. The summed E-state index contributed by atoms with van der Waals surface area (Å²) in [5, 5.41) is 16.9. The number of benzene rings is 3. The van der Waals surface area contributed by atoms with E-state index in [0.717, 1.165) is 5.56 Å². The van der Waals surface area contributed by atoms with E-state index in [1.807, 2.05) is 12.1 Å². The Balaban J connectivity index is 1.41. The number of aryl methyl sites for hydroxylation is 2. The van der Waals surface area contributed by atoms with Gasteiger partial charge in [0.05, 0.1) is 19.1 Å². The molecule has 1 saturated heterocycles. The molecule has 4 aromatic rings. The number of aliphatic carboxylic acids is 1. The molecule has 0 radical (unpaired) electrons. The van der Waals surface area contributed by atoms with Crippen LogP contribution in [0.15, 0.2) is 76.0 Å². The highest BCUT2D eigenvalue weighted by atomic mass is 32.2. The van der Waals surface area contributed by atoms with Crippen LogP contribution in [0, 0.1) is 6.92 Å². The number of nitrogens with zero attached hydrogens (tertiary/aromatic N) is 3. The van der Waals surface area contributed by atoms with Gasteiger partial charge in [0.25, 0.3) is 0 Å². The Kier molecular flexibility index (Phi) is 11.0. The van der Waals surface area contributed by atoms with Crippen molar-refractivity contribution in [3.63, 3.8) is 0 Å². The number of ether oxygens (including phenoxy) is 4. The van der Waals surface area contributed by atoms with Crippen molar-refractivity contribution in [3.8, 4) is 28.7 Å². The zero-order valence-corrected chi connectivity index (χ0v) is 27.6. The number of carbonyl (C=O) groups excluding carboxylic acids is 1. The van der Waals surface area contributed by atoms with Gasteiger partial charge in [-0.3, -0.25) is 4.79 Å². The Morgan fingerprint density at radius 3 is 2.52 bits per heavy atom. The minimum atomic E-state index is -4.13. The first kappa shape index (κ1) is 34.4. The van der Waals surface area contributed by atoms with Crippen LogP contribution >= 0.6 is 0 Å². The quantitative estimate of drug-likeness (QED) is 0.178. The van der Waals surface area contributed by atoms with E-state index in [9.17, 15) is 18.0 Å². The third-order valence-electron chi connectivity index (χ3n) is 7.93. The molecule has 5 rings (SSSR count). The van der Waals surface area contributed by atoms with Gasteiger partial charge in [-0.1, -0.05) is 24.3 Å². The maximum absolute atomic E-state index is 14.0. The zero-order chi connectivity index (χ0) is 34.3. The molecule has 1 fully saturated rings. The number of carboxylic acids is 1. The smallest absolute Gasteiger partial charge is 0.341 e. The first-order valence-electron chi connectivity index (χ1n) is 15.4. The molecule has 2 atom stereocenters. The van der Waals surface area contributed by atoms with Crippen molar-refractivity contribution in [3.05, 3.63) is 83.7 Å². The molecule has 0 aliphatic carbocycles. The lowest BCUT2D eigenvalue weighted by atomic mass is 10.00. The van der Waals surface area contributed by atoms with Gasteiger partial charge in [-0.05, 0) is 85.7 Å². The Hall–Kier alpha value is -4.95. The van der Waals surface area contributed by atoms with E-state index < -0.39 is 40.7 Å². The molecule has 2 heterocycles. The number of sulfonamides is 1. The van der Waals surface area contributed by atoms with Gasteiger partial charge in [0, 0.05) is 19.0 Å². The fraction of sp³-hybridized carbons (Fsp3) is 0.353. The van der Waals surface area contributed by atoms with Gasteiger partial charge in [-0.25, -0.2) is 13.2 Å². The van der Waals surface area contributed by atoms with Crippen LogP contribution in [0.25, 0.3) is 11.5 Å². The first-order chi connectivity index (χ1) is 23.1. The number of hydrogen-bond acceptors (Lipinski definition) is 11. The second-order valence-electron chi connectivity index (χ2n) is 11.2. The lowest BCUT2D eigenvalue weighted by molar-refractivity contribution is -0.155. The van der Waals surface area contributed by atoms with Gasteiger partial charge in [0.15, 0.2) is 18.1 Å². The van der Waals surface area contributed by atoms with Crippen molar-refractivity contribution in [1.82, 2.24) is 14.5 Å². The van der Waals surface area contributed by atoms with E-state index in [1.165, 1.54) is 16.4 Å². The van der Waals surface area contributed by atoms with Crippen molar-refractivity contribution >= 4 is 22.0 Å². The SMILES string of the molecule is COc1ccc(CC[C@@H](OC(=O)C2CCCCN2S(=O)(=O)c2cccc(-c3nnc(C)o3)c2)c2cccc(OCC(=O)O)c2)cc1OC. The van der Waals surface area contributed by atoms with E-state index in [0.29, 0.717) is 59.9 Å². The number of esters is 1. The minimum Gasteiger partial charge on any atom is -0.493 e. The summed E-state index contributed by atoms with van der Waals surface area (Å²) in [7, 11) is -1.04. The third-order valence-corrected chi connectivity index (χ3v) is 9.84. The summed E-state index contributed by atoms with van der Waals surface area (Å²) in [6.07, 6.45) is 1.49. The predicted molar refractivity (Wildman–Crippen MR) is 172 cm³/mol. The summed E-state index contributed by atoms with van der Waals surface area (Å²) in [6.45, 7) is 1.24. The maximum Gasteiger partial charge on any atom is 0.341 e. The number of aromatic nitrogens is 2. The van der Waals surface area contributed by atoms with Gasteiger partial charge >= 0.3 is 11.9 Å². The van der Waals surface area contributed by atoms with Gasteiger partial charge in [0.1, 0.15) is 17.9 Å². The predicted octanol–water partition coefficient (Wildman–Crippen LogP) is 4.99. The van der Waals surface area contributed by atoms with Gasteiger partial charge in [-0.2, -0.15) is 4.31 Å². The summed E-state index contributed by atoms with van der Waals surface area (Å²) in [5.41, 5.74) is 1.90. The molecule has 1 aromatic heterocycles. The molecule has 0 amide bonds. The fourth-order valence-corrected chi connectivity index (χ4v) is 7.26. The molecular weight excluding hydrogens is 642 g/mol. The normalized spacial score (nSPS) is 15.8. The first-order valence-corrected chi connectivity index (χ1v) is 16.8. The Labute approximate surface area is 278 Å². The third kappa shape index (κ3) is 8.12. The van der Waals surface area contributed by atoms with Crippen LogP contribution < -0.4 is 14.2 Å². The Morgan fingerprint density at radius 2 is 1.79 bits per heavy atom. The van der Waals surface area contributed by atoms with E-state index in [1.54, 1.807) is 63.6 Å². The Bertz CT molecular complexity index is 1860. The van der Waals surface area contributed by atoms with Crippen LogP contribution in [0.2, 0.25) is 0 Å². The van der Waals surface area contributed by atoms with Crippen LogP contribution in [0.3, 0.4) is 0 Å². The molecule has 254 valence electrons. The van der Waals surface area contributed by atoms with Crippen molar-refractivity contribution in [2.24, 2.45) is 0 Å². The highest BCUT2D eigenvalue weighted by molar-refractivity contribution is 7.89. The minimum absolute atomic E-state index is 0.0103. The standard InChI is InChI=1S/C34H37N3O10S/c1-22-35-36-33(46-22)25-9-7-11-27(20-25)48(41,42)37-17-5-4-12-28(37)34(40)47-29(24-8-6-10-26(19-24)45-21-32(38)39)15-13-23-14-16-30(43-2)31(18-23)44-3/h6-11,14,16,18-20,28-29H,4-5,12-13,15,17,21H2,1-3H3,(H,38,39)/t28?,29-/m1/s1. The monoisotopic (exact) mass is 679 g/mol. The lowest BCUT2D eigenvalue weighted by Gasteiger charge is -2.34. The van der Waals surface area contributed by atoms with E-state index in [4.69, 9.17) is 28.5 Å². The molecule has 1 N–H and O–H groups in total. The van der Waals surface area contributed by atoms with Crippen LogP contribution in [0.4, 0.5) is 0 Å². The summed E-state index contributed by atoms with van der Waals surface area (Å²) >= 11 is 0. The van der Waals surface area contributed by atoms with Crippen LogP contribution in [0.5, 0.6) is 17.2 Å². The van der Waals surface area contributed by atoms with E-state index in [2.05, 4.69) is 10.2 Å². The zero-order valence-electron chi connectivity index (χ0n) is 26.8.